The zero-order valence-corrected chi connectivity index (χ0v) is 14.1. The topological polar surface area (TPSA) is 122 Å². The van der Waals surface area contributed by atoms with Crippen LogP contribution in [0, 0.1) is 5.41 Å². The first-order chi connectivity index (χ1) is 11.3. The van der Waals surface area contributed by atoms with E-state index in [9.17, 15) is 19.5 Å². The number of nitrogens with two attached hydrogens (primary N) is 1. The molecule has 5 N–H and O–H groups in total. The number of carboxylic acid groups (broad SMARTS) is 1. The van der Waals surface area contributed by atoms with Gasteiger partial charge in [-0.1, -0.05) is 26.0 Å². The second-order valence-corrected chi connectivity index (χ2v) is 5.72. The average molecular weight is 335 g/mol. The van der Waals surface area contributed by atoms with Crippen LogP contribution in [0.4, 0.5) is 4.79 Å². The van der Waals surface area contributed by atoms with Gasteiger partial charge >= 0.3 is 12.0 Å². The number of hydrogen-bond donors (Lipinski definition) is 4. The van der Waals surface area contributed by atoms with Gasteiger partial charge in [0.25, 0.3) is 0 Å². The second-order valence-electron chi connectivity index (χ2n) is 5.72. The van der Waals surface area contributed by atoms with E-state index in [0.29, 0.717) is 31.4 Å². The first kappa shape index (κ1) is 19.5. The van der Waals surface area contributed by atoms with E-state index in [1.54, 1.807) is 32.0 Å². The summed E-state index contributed by atoms with van der Waals surface area (Å²) in [5, 5.41) is 14.6. The van der Waals surface area contributed by atoms with Crippen molar-refractivity contribution in [2.24, 2.45) is 11.1 Å². The van der Waals surface area contributed by atoms with Crippen LogP contribution in [0.15, 0.2) is 24.3 Å². The quantitative estimate of drug-likeness (QED) is 0.546. The summed E-state index contributed by atoms with van der Waals surface area (Å²) in [6.07, 6.45) is 1.43. The van der Waals surface area contributed by atoms with Gasteiger partial charge in [-0.05, 0) is 37.0 Å². The Morgan fingerprint density at radius 1 is 1.17 bits per heavy atom. The number of rotatable bonds is 9. The maximum atomic E-state index is 11.8. The van der Waals surface area contributed by atoms with Crippen molar-refractivity contribution in [2.45, 2.75) is 33.1 Å². The van der Waals surface area contributed by atoms with Gasteiger partial charge in [-0.2, -0.15) is 0 Å². The number of hydrogen-bond acceptors (Lipinski definition) is 3. The zero-order chi connectivity index (χ0) is 18.2. The van der Waals surface area contributed by atoms with E-state index in [2.05, 4.69) is 10.6 Å². The Balaban J connectivity index is 2.45. The molecule has 24 heavy (non-hydrogen) atoms. The highest BCUT2D eigenvalue weighted by Crippen LogP contribution is 2.25. The Morgan fingerprint density at radius 3 is 2.38 bits per heavy atom. The van der Waals surface area contributed by atoms with Crippen LogP contribution in [0.1, 0.15) is 42.6 Å². The van der Waals surface area contributed by atoms with Gasteiger partial charge in [0.15, 0.2) is 0 Å². The molecule has 0 saturated heterocycles. The highest BCUT2D eigenvalue weighted by molar-refractivity contribution is 5.92. The van der Waals surface area contributed by atoms with Crippen LogP contribution in [0.2, 0.25) is 0 Å². The predicted octanol–water partition coefficient (Wildman–Crippen LogP) is 1.52. The molecule has 0 aliphatic rings. The van der Waals surface area contributed by atoms with Crippen molar-refractivity contribution < 1.29 is 19.5 Å². The molecule has 132 valence electrons. The summed E-state index contributed by atoms with van der Waals surface area (Å²) in [6.45, 7) is 4.04. The van der Waals surface area contributed by atoms with E-state index >= 15 is 0 Å². The lowest BCUT2D eigenvalue weighted by molar-refractivity contribution is -0.149. The summed E-state index contributed by atoms with van der Waals surface area (Å²) in [7, 11) is 0. The van der Waals surface area contributed by atoms with Crippen LogP contribution in [-0.2, 0) is 11.2 Å². The van der Waals surface area contributed by atoms with Crippen LogP contribution >= 0.6 is 0 Å². The van der Waals surface area contributed by atoms with E-state index in [4.69, 9.17) is 5.73 Å². The summed E-state index contributed by atoms with van der Waals surface area (Å²) in [4.78, 5) is 34.3. The van der Waals surface area contributed by atoms with Crippen LogP contribution in [0.5, 0.6) is 0 Å². The summed E-state index contributed by atoms with van der Waals surface area (Å²) >= 11 is 0. The minimum Gasteiger partial charge on any atom is -0.481 e. The number of urea groups is 1. The molecule has 3 amide bonds. The minimum atomic E-state index is -0.937. The first-order valence-corrected chi connectivity index (χ1v) is 7.98. The molecule has 0 aliphatic carbocycles. The van der Waals surface area contributed by atoms with Crippen LogP contribution < -0.4 is 16.4 Å². The predicted molar refractivity (Wildman–Crippen MR) is 90.7 cm³/mol. The number of benzene rings is 1. The molecule has 7 heteroatoms. The Kier molecular flexibility index (Phi) is 7.23. The molecule has 1 aromatic carbocycles. The second kappa shape index (κ2) is 8.90. The van der Waals surface area contributed by atoms with E-state index in [1.807, 2.05) is 6.07 Å². The Labute approximate surface area is 141 Å². The van der Waals surface area contributed by atoms with Crippen LogP contribution in [0.25, 0.3) is 0 Å². The van der Waals surface area contributed by atoms with Crippen molar-refractivity contribution in [2.75, 3.05) is 13.1 Å². The smallest absolute Gasteiger partial charge is 0.314 e. The van der Waals surface area contributed by atoms with Crippen molar-refractivity contribution in [3.05, 3.63) is 35.4 Å². The normalized spacial score (nSPS) is 10.9. The molecular formula is C17H25N3O4. The lowest BCUT2D eigenvalue weighted by atomic mass is 9.82. The third-order valence-corrected chi connectivity index (χ3v) is 4.31. The fraction of sp³-hybridized carbons (Fsp3) is 0.471. The molecule has 0 spiro atoms. The maximum absolute atomic E-state index is 11.8. The average Bonchev–Trinajstić information content (AvgIpc) is 2.56. The minimum absolute atomic E-state index is 0.0817. The van der Waals surface area contributed by atoms with E-state index in [1.165, 1.54) is 0 Å². The zero-order valence-electron chi connectivity index (χ0n) is 14.1. The lowest BCUT2D eigenvalue weighted by Crippen LogP contribution is -2.46. The molecule has 0 saturated carbocycles. The number of amides is 3. The van der Waals surface area contributed by atoms with Gasteiger partial charge in [-0.25, -0.2) is 4.79 Å². The van der Waals surface area contributed by atoms with E-state index in [0.717, 1.165) is 5.56 Å². The Bertz CT molecular complexity index is 597. The maximum Gasteiger partial charge on any atom is 0.314 e. The van der Waals surface area contributed by atoms with Gasteiger partial charge in [-0.15, -0.1) is 0 Å². The number of nitrogens with one attached hydrogen (secondary N) is 2. The van der Waals surface area contributed by atoms with Crippen LogP contribution in [-0.4, -0.2) is 36.1 Å². The monoisotopic (exact) mass is 335 g/mol. The first-order valence-electron chi connectivity index (χ1n) is 7.98. The molecule has 0 aromatic heterocycles. The van der Waals surface area contributed by atoms with E-state index in [-0.39, 0.29) is 6.54 Å². The molecule has 1 rings (SSSR count). The summed E-state index contributed by atoms with van der Waals surface area (Å²) in [5.74, 6) is -1.40. The largest absolute Gasteiger partial charge is 0.481 e. The van der Waals surface area contributed by atoms with Crippen molar-refractivity contribution >= 4 is 17.9 Å². The third kappa shape index (κ3) is 5.26. The number of primary amides is 1. The molecule has 1 aromatic rings. The van der Waals surface area contributed by atoms with Gasteiger partial charge in [-0.3, -0.25) is 9.59 Å². The summed E-state index contributed by atoms with van der Waals surface area (Å²) < 4.78 is 0. The highest BCUT2D eigenvalue weighted by Gasteiger charge is 2.35. The van der Waals surface area contributed by atoms with Crippen molar-refractivity contribution in [1.29, 1.82) is 0 Å². The summed E-state index contributed by atoms with van der Waals surface area (Å²) in [5.41, 5.74) is 5.59. The van der Waals surface area contributed by atoms with Gasteiger partial charge in [0.2, 0.25) is 5.91 Å². The van der Waals surface area contributed by atoms with Gasteiger partial charge < -0.3 is 21.5 Å². The number of carbonyl (C=O) groups excluding carboxylic acids is 2. The molecule has 0 atom stereocenters. The summed E-state index contributed by atoms with van der Waals surface area (Å²) in [6, 6.07) is 6.49. The molecule has 0 heterocycles. The molecule has 0 aliphatic heterocycles. The van der Waals surface area contributed by atoms with Crippen molar-refractivity contribution in [3.63, 3.8) is 0 Å². The van der Waals surface area contributed by atoms with Crippen molar-refractivity contribution in [1.82, 2.24) is 10.6 Å². The van der Waals surface area contributed by atoms with Crippen molar-refractivity contribution in [3.8, 4) is 0 Å². The van der Waals surface area contributed by atoms with Crippen LogP contribution in [0.3, 0.4) is 0 Å². The number of aliphatic carboxylic acids is 1. The lowest BCUT2D eigenvalue weighted by Gasteiger charge is -2.26. The fourth-order valence-electron chi connectivity index (χ4n) is 2.39. The fourth-order valence-corrected chi connectivity index (χ4v) is 2.39. The Hall–Kier alpha value is -2.57. The molecule has 0 radical (unpaired) electrons. The highest BCUT2D eigenvalue weighted by atomic mass is 16.4. The molecular weight excluding hydrogens is 310 g/mol. The van der Waals surface area contributed by atoms with Gasteiger partial charge in [0.05, 0.1) is 5.41 Å². The number of carbonyl (C=O) groups is 3. The molecule has 0 bridgehead atoms. The standard InChI is InChI=1S/C17H25N3O4/c1-3-17(4-2,15(22)23)11-20-16(24)19-9-8-12-6-5-7-13(10-12)14(18)21/h5-7,10H,3-4,8-9,11H2,1-2H3,(H2,18,21)(H,22,23)(H2,19,20,24). The molecule has 0 unspecified atom stereocenters. The number of carboxylic acids is 1. The van der Waals surface area contributed by atoms with E-state index < -0.39 is 23.3 Å². The molecule has 0 fully saturated rings. The third-order valence-electron chi connectivity index (χ3n) is 4.31. The SMILES string of the molecule is CCC(CC)(CNC(=O)NCCc1cccc(C(N)=O)c1)C(=O)O. The Morgan fingerprint density at radius 2 is 1.83 bits per heavy atom. The van der Waals surface area contributed by atoms with Gasteiger partial charge in [0, 0.05) is 18.7 Å². The van der Waals surface area contributed by atoms with Gasteiger partial charge in [0.1, 0.15) is 0 Å². The molecule has 7 nitrogen and oxygen atoms in total.